The molecule has 3 heterocycles. The zero-order valence-corrected chi connectivity index (χ0v) is 19.7. The predicted molar refractivity (Wildman–Crippen MR) is 141 cm³/mol. The van der Waals surface area contributed by atoms with Crippen LogP contribution in [0.3, 0.4) is 0 Å². The number of nitrogens with two attached hydrogens (primary N) is 1. The van der Waals surface area contributed by atoms with Crippen LogP contribution in [0.1, 0.15) is 32.1 Å². The van der Waals surface area contributed by atoms with Crippen molar-refractivity contribution in [2.45, 2.75) is 9.79 Å². The Balaban J connectivity index is 1.34. The average Bonchev–Trinajstić information content (AvgIpc) is 3.31. The number of aromatic nitrogens is 4. The first kappa shape index (κ1) is 23.0. The van der Waals surface area contributed by atoms with Gasteiger partial charge in [0.25, 0.3) is 5.91 Å². The number of amides is 2. The van der Waals surface area contributed by atoms with Crippen LogP contribution in [0.2, 0.25) is 0 Å². The lowest BCUT2D eigenvalue weighted by Crippen LogP contribution is -2.15. The number of primary amides is 1. The molecule has 8 nitrogen and oxygen atoms in total. The van der Waals surface area contributed by atoms with Gasteiger partial charge >= 0.3 is 0 Å². The quantitative estimate of drug-likeness (QED) is 0.293. The maximum atomic E-state index is 13.0. The molecular formula is C27H20N6O2S. The Morgan fingerprint density at radius 1 is 0.944 bits per heavy atom. The van der Waals surface area contributed by atoms with Crippen LogP contribution in [-0.2, 0) is 0 Å². The lowest BCUT2D eigenvalue weighted by molar-refractivity contribution is 0.0998. The summed E-state index contributed by atoms with van der Waals surface area (Å²) in [4.78, 5) is 34.3. The van der Waals surface area contributed by atoms with E-state index >= 15 is 0 Å². The third kappa shape index (κ3) is 5.16. The van der Waals surface area contributed by atoms with E-state index in [1.807, 2.05) is 60.7 Å². The maximum absolute atomic E-state index is 13.0. The summed E-state index contributed by atoms with van der Waals surface area (Å²) in [7, 11) is 0. The summed E-state index contributed by atoms with van der Waals surface area (Å²) >= 11 is 1.48. The first-order valence-corrected chi connectivity index (χ1v) is 11.8. The fraction of sp³-hybridized carbons (Fsp3) is 0. The van der Waals surface area contributed by atoms with Gasteiger partial charge in [0, 0.05) is 27.6 Å². The lowest BCUT2D eigenvalue weighted by atomic mass is 10.2. The van der Waals surface area contributed by atoms with Crippen molar-refractivity contribution in [3.8, 4) is 0 Å². The molecule has 0 aliphatic carbocycles. The van der Waals surface area contributed by atoms with E-state index in [4.69, 9.17) is 5.73 Å². The molecular weight excluding hydrogens is 472 g/mol. The minimum atomic E-state index is -0.576. The van der Waals surface area contributed by atoms with Crippen LogP contribution in [0.25, 0.3) is 23.1 Å². The van der Waals surface area contributed by atoms with Crippen molar-refractivity contribution in [3.63, 3.8) is 0 Å². The van der Waals surface area contributed by atoms with Gasteiger partial charge in [-0.2, -0.15) is 5.10 Å². The van der Waals surface area contributed by atoms with Gasteiger partial charge in [-0.3, -0.25) is 19.7 Å². The van der Waals surface area contributed by atoms with E-state index in [1.54, 1.807) is 24.4 Å². The molecule has 9 heteroatoms. The standard InChI is InChI=1S/C27H20N6O2S/c28-26(34)17-8-13-25(30-16-17)31-27(35)21-6-1-2-7-24(21)36-19-10-11-20-22(32-33-23(20)15-19)12-9-18-5-3-4-14-29-18/h1-16H,(H2,28,34)(H,32,33)(H,30,31,35)/b12-9+. The molecule has 176 valence electrons. The first-order valence-electron chi connectivity index (χ1n) is 11.0. The largest absolute Gasteiger partial charge is 0.366 e. The van der Waals surface area contributed by atoms with Gasteiger partial charge in [-0.15, -0.1) is 0 Å². The highest BCUT2D eigenvalue weighted by Gasteiger charge is 2.14. The summed E-state index contributed by atoms with van der Waals surface area (Å²) in [6, 6.07) is 22.1. The van der Waals surface area contributed by atoms with Gasteiger partial charge < -0.3 is 11.1 Å². The van der Waals surface area contributed by atoms with Crippen molar-refractivity contribution in [3.05, 3.63) is 108 Å². The van der Waals surface area contributed by atoms with Crippen LogP contribution in [0, 0.1) is 0 Å². The zero-order chi connectivity index (χ0) is 24.9. The molecule has 0 unspecified atom stereocenters. The summed E-state index contributed by atoms with van der Waals surface area (Å²) in [5.41, 5.74) is 8.59. The van der Waals surface area contributed by atoms with Gasteiger partial charge in [-0.05, 0) is 66.7 Å². The second-order valence-electron chi connectivity index (χ2n) is 7.75. The van der Waals surface area contributed by atoms with E-state index in [0.29, 0.717) is 11.4 Å². The summed E-state index contributed by atoms with van der Waals surface area (Å²) < 4.78 is 0. The number of pyridine rings is 2. The number of carbonyl (C=O) groups excluding carboxylic acids is 2. The van der Waals surface area contributed by atoms with E-state index in [-0.39, 0.29) is 11.5 Å². The molecule has 0 saturated heterocycles. The number of hydrogen-bond donors (Lipinski definition) is 3. The molecule has 2 aromatic carbocycles. The normalized spacial score (nSPS) is 11.1. The number of nitrogens with zero attached hydrogens (tertiary/aromatic N) is 3. The Morgan fingerprint density at radius 2 is 1.81 bits per heavy atom. The molecule has 4 N–H and O–H groups in total. The van der Waals surface area contributed by atoms with Crippen molar-refractivity contribution >= 4 is 52.4 Å². The second-order valence-corrected chi connectivity index (χ2v) is 8.87. The Kier molecular flexibility index (Phi) is 6.55. The molecule has 0 atom stereocenters. The van der Waals surface area contributed by atoms with Crippen LogP contribution in [0.4, 0.5) is 5.82 Å². The number of carbonyl (C=O) groups is 2. The Bertz CT molecular complexity index is 1580. The molecule has 0 aliphatic heterocycles. The summed E-state index contributed by atoms with van der Waals surface area (Å²) in [5.74, 6) is -0.551. The first-order chi connectivity index (χ1) is 17.6. The van der Waals surface area contributed by atoms with E-state index in [9.17, 15) is 9.59 Å². The minimum absolute atomic E-state index is 0.272. The molecule has 0 spiro atoms. The Labute approximate surface area is 210 Å². The highest BCUT2D eigenvalue weighted by molar-refractivity contribution is 7.99. The van der Waals surface area contributed by atoms with Crippen LogP contribution in [0.5, 0.6) is 0 Å². The number of benzene rings is 2. The minimum Gasteiger partial charge on any atom is -0.366 e. The van der Waals surface area contributed by atoms with Crippen molar-refractivity contribution in [1.82, 2.24) is 20.2 Å². The number of hydrogen-bond acceptors (Lipinski definition) is 6. The number of fused-ring (bicyclic) bond motifs is 1. The van der Waals surface area contributed by atoms with Crippen LogP contribution in [-0.4, -0.2) is 32.0 Å². The highest BCUT2D eigenvalue weighted by Crippen LogP contribution is 2.33. The smallest absolute Gasteiger partial charge is 0.257 e. The Hall–Kier alpha value is -4.76. The van der Waals surface area contributed by atoms with Crippen molar-refractivity contribution < 1.29 is 9.59 Å². The number of H-pyrrole nitrogens is 1. The van der Waals surface area contributed by atoms with Gasteiger partial charge in [-0.1, -0.05) is 30.0 Å². The van der Waals surface area contributed by atoms with Crippen molar-refractivity contribution in [2.24, 2.45) is 5.73 Å². The monoisotopic (exact) mass is 492 g/mol. The van der Waals surface area contributed by atoms with Crippen LogP contribution in [0.15, 0.2) is 95.0 Å². The van der Waals surface area contributed by atoms with Gasteiger partial charge in [0.1, 0.15) is 5.82 Å². The summed E-state index contributed by atoms with van der Waals surface area (Å²) in [5, 5.41) is 11.3. The molecule has 0 fully saturated rings. The third-order valence-electron chi connectivity index (χ3n) is 5.31. The van der Waals surface area contributed by atoms with Gasteiger partial charge in [0.2, 0.25) is 5.91 Å². The van der Waals surface area contributed by atoms with Crippen molar-refractivity contribution in [1.29, 1.82) is 0 Å². The summed E-state index contributed by atoms with van der Waals surface area (Å²) in [6.07, 6.45) is 6.93. The van der Waals surface area contributed by atoms with Gasteiger partial charge in [-0.25, -0.2) is 4.98 Å². The van der Waals surface area contributed by atoms with Gasteiger partial charge in [0.05, 0.1) is 28.0 Å². The maximum Gasteiger partial charge on any atom is 0.257 e. The number of anilines is 1. The van der Waals surface area contributed by atoms with Crippen LogP contribution >= 0.6 is 11.8 Å². The average molecular weight is 493 g/mol. The number of aromatic amines is 1. The van der Waals surface area contributed by atoms with Crippen LogP contribution < -0.4 is 11.1 Å². The van der Waals surface area contributed by atoms with Gasteiger partial charge in [0.15, 0.2) is 0 Å². The fourth-order valence-corrected chi connectivity index (χ4v) is 4.50. The molecule has 5 rings (SSSR count). The molecule has 0 aliphatic rings. The lowest BCUT2D eigenvalue weighted by Gasteiger charge is -2.10. The predicted octanol–water partition coefficient (Wildman–Crippen LogP) is 5.03. The molecule has 2 amide bonds. The Morgan fingerprint density at radius 3 is 2.58 bits per heavy atom. The summed E-state index contributed by atoms with van der Waals surface area (Å²) in [6.45, 7) is 0. The van der Waals surface area contributed by atoms with E-state index in [0.717, 1.165) is 32.1 Å². The number of rotatable bonds is 7. The molecule has 5 aromatic rings. The number of nitrogens with one attached hydrogen (secondary N) is 2. The third-order valence-corrected chi connectivity index (χ3v) is 6.38. The van der Waals surface area contributed by atoms with E-state index < -0.39 is 5.91 Å². The second kappa shape index (κ2) is 10.2. The topological polar surface area (TPSA) is 127 Å². The molecule has 0 saturated carbocycles. The van der Waals surface area contributed by atoms with E-state index in [1.165, 1.54) is 24.0 Å². The SMILES string of the molecule is NC(=O)c1ccc(NC(=O)c2ccccc2Sc2ccc3c(/C=C/c4ccccn4)n[nH]c3c2)nc1. The zero-order valence-electron chi connectivity index (χ0n) is 18.9. The molecule has 3 aromatic heterocycles. The van der Waals surface area contributed by atoms with Crippen molar-refractivity contribution in [2.75, 3.05) is 5.32 Å². The molecule has 0 bridgehead atoms. The fourth-order valence-electron chi connectivity index (χ4n) is 3.52. The molecule has 0 radical (unpaired) electrons. The highest BCUT2D eigenvalue weighted by atomic mass is 32.2. The van der Waals surface area contributed by atoms with E-state index in [2.05, 4.69) is 25.5 Å². The molecule has 36 heavy (non-hydrogen) atoms.